The maximum atomic E-state index is 12.6. The zero-order chi connectivity index (χ0) is 19.0. The van der Waals surface area contributed by atoms with Gasteiger partial charge in [-0.3, -0.25) is 9.78 Å². The average Bonchev–Trinajstić information content (AvgIpc) is 3.26. The molecule has 1 saturated carbocycles. The summed E-state index contributed by atoms with van der Waals surface area (Å²) in [6, 6.07) is 2.16. The number of piperidine rings is 1. The fraction of sp³-hybridized carbons (Fsp3) is 0.650. The Balaban J connectivity index is 1.23. The van der Waals surface area contributed by atoms with Crippen molar-refractivity contribution in [1.82, 2.24) is 20.1 Å². The second-order valence-corrected chi connectivity index (χ2v) is 8.12. The molecular weight excluding hydrogens is 344 g/mol. The van der Waals surface area contributed by atoms with Gasteiger partial charge in [0.1, 0.15) is 11.9 Å². The Morgan fingerprint density at radius 1 is 1.33 bits per heavy atom. The second-order valence-electron chi connectivity index (χ2n) is 8.12. The van der Waals surface area contributed by atoms with E-state index in [9.17, 15) is 9.59 Å². The summed E-state index contributed by atoms with van der Waals surface area (Å²) in [5.41, 5.74) is 1.03. The number of nitrogens with zero attached hydrogens (tertiary/aromatic N) is 3. The minimum absolute atomic E-state index is 0.0583. The van der Waals surface area contributed by atoms with Crippen molar-refractivity contribution in [1.29, 1.82) is 0 Å². The van der Waals surface area contributed by atoms with E-state index in [4.69, 9.17) is 4.74 Å². The van der Waals surface area contributed by atoms with Gasteiger partial charge in [-0.15, -0.1) is 0 Å². The van der Waals surface area contributed by atoms with Crippen LogP contribution < -0.4 is 10.1 Å². The van der Waals surface area contributed by atoms with Gasteiger partial charge < -0.3 is 19.9 Å². The molecule has 1 aromatic heterocycles. The number of pyridine rings is 1. The highest BCUT2D eigenvalue weighted by Gasteiger charge is 2.45. The quantitative estimate of drug-likeness (QED) is 0.877. The molecule has 1 aromatic rings. The lowest BCUT2D eigenvalue weighted by Gasteiger charge is -2.33. The number of carbonyl (C=O) groups excluding carboxylic acids is 2. The number of likely N-dealkylation sites (tertiary alicyclic amines) is 2. The molecular formula is C20H28N4O3. The van der Waals surface area contributed by atoms with Gasteiger partial charge in [0.2, 0.25) is 5.91 Å². The summed E-state index contributed by atoms with van der Waals surface area (Å²) in [7, 11) is 0. The third-order valence-electron chi connectivity index (χ3n) is 5.95. The van der Waals surface area contributed by atoms with Crippen LogP contribution in [0.15, 0.2) is 18.5 Å². The van der Waals surface area contributed by atoms with Crippen LogP contribution in [-0.4, -0.2) is 64.5 Å². The molecule has 7 heteroatoms. The molecule has 27 heavy (non-hydrogen) atoms. The monoisotopic (exact) mass is 372 g/mol. The minimum atomic E-state index is -0.0637. The van der Waals surface area contributed by atoms with Crippen molar-refractivity contribution in [3.63, 3.8) is 0 Å². The highest BCUT2D eigenvalue weighted by Crippen LogP contribution is 2.37. The van der Waals surface area contributed by atoms with Crippen LogP contribution in [0.25, 0.3) is 0 Å². The maximum absolute atomic E-state index is 12.6. The molecule has 4 rings (SSSR count). The Bertz CT molecular complexity index is 717. The molecule has 3 unspecified atom stereocenters. The first-order chi connectivity index (χ1) is 13.0. The Kier molecular flexibility index (Phi) is 4.93. The van der Waals surface area contributed by atoms with E-state index in [-0.39, 0.29) is 24.1 Å². The average molecular weight is 372 g/mol. The zero-order valence-corrected chi connectivity index (χ0v) is 16.1. The van der Waals surface area contributed by atoms with Crippen molar-refractivity contribution < 1.29 is 14.3 Å². The summed E-state index contributed by atoms with van der Waals surface area (Å²) in [4.78, 5) is 32.6. The molecule has 7 nitrogen and oxygen atoms in total. The lowest BCUT2D eigenvalue weighted by molar-refractivity contribution is -0.128. The molecule has 0 bridgehead atoms. The summed E-state index contributed by atoms with van der Waals surface area (Å²) < 4.78 is 6.07. The minimum Gasteiger partial charge on any atom is -0.490 e. The Morgan fingerprint density at radius 3 is 2.74 bits per heavy atom. The predicted molar refractivity (Wildman–Crippen MR) is 100 cm³/mol. The van der Waals surface area contributed by atoms with Gasteiger partial charge in [-0.1, -0.05) is 6.92 Å². The Labute approximate surface area is 160 Å². The molecule has 3 aliphatic rings. The van der Waals surface area contributed by atoms with Crippen molar-refractivity contribution in [2.45, 2.75) is 57.7 Å². The number of amides is 3. The van der Waals surface area contributed by atoms with Crippen molar-refractivity contribution in [2.24, 2.45) is 5.92 Å². The molecule has 3 fully saturated rings. The highest BCUT2D eigenvalue weighted by atomic mass is 16.5. The van der Waals surface area contributed by atoms with E-state index < -0.39 is 0 Å². The molecule has 0 spiro atoms. The SMILES string of the molecule is Cc1cnccc1OC1CCN(C(=O)NC2CC(=O)N(C3CC3C)C2)CC1. The van der Waals surface area contributed by atoms with Gasteiger partial charge in [0.05, 0.1) is 6.04 Å². The largest absolute Gasteiger partial charge is 0.490 e. The number of hydrogen-bond acceptors (Lipinski definition) is 4. The molecule has 2 aliphatic heterocycles. The number of rotatable bonds is 4. The summed E-state index contributed by atoms with van der Waals surface area (Å²) in [5.74, 6) is 1.65. The summed E-state index contributed by atoms with van der Waals surface area (Å²) in [6.45, 7) is 6.15. The van der Waals surface area contributed by atoms with E-state index >= 15 is 0 Å². The van der Waals surface area contributed by atoms with Gasteiger partial charge >= 0.3 is 6.03 Å². The van der Waals surface area contributed by atoms with Crippen LogP contribution in [0.2, 0.25) is 0 Å². The smallest absolute Gasteiger partial charge is 0.317 e. The number of aromatic nitrogens is 1. The van der Waals surface area contributed by atoms with E-state index in [0.29, 0.717) is 38.0 Å². The number of aryl methyl sites for hydroxylation is 1. The first-order valence-electron chi connectivity index (χ1n) is 9.93. The van der Waals surface area contributed by atoms with E-state index in [2.05, 4.69) is 17.2 Å². The molecule has 146 valence electrons. The van der Waals surface area contributed by atoms with Crippen molar-refractivity contribution >= 4 is 11.9 Å². The van der Waals surface area contributed by atoms with Crippen molar-refractivity contribution in [3.8, 4) is 5.75 Å². The normalized spacial score (nSPS) is 28.4. The molecule has 2 saturated heterocycles. The number of ether oxygens (including phenoxy) is 1. The van der Waals surface area contributed by atoms with Crippen molar-refractivity contribution in [2.75, 3.05) is 19.6 Å². The lowest BCUT2D eigenvalue weighted by Crippen LogP contribution is -2.49. The molecule has 3 amide bonds. The van der Waals surface area contributed by atoms with E-state index in [1.54, 1.807) is 12.4 Å². The number of hydrogen-bond donors (Lipinski definition) is 1. The second kappa shape index (κ2) is 7.37. The van der Waals surface area contributed by atoms with E-state index in [0.717, 1.165) is 30.6 Å². The third-order valence-corrected chi connectivity index (χ3v) is 5.95. The number of nitrogens with one attached hydrogen (secondary N) is 1. The lowest BCUT2D eigenvalue weighted by atomic mass is 10.1. The molecule has 1 aliphatic carbocycles. The van der Waals surface area contributed by atoms with Gasteiger partial charge in [-0.25, -0.2) is 4.79 Å². The topological polar surface area (TPSA) is 74.8 Å². The number of urea groups is 1. The van der Waals surface area contributed by atoms with Crippen molar-refractivity contribution in [3.05, 3.63) is 24.0 Å². The van der Waals surface area contributed by atoms with Gasteiger partial charge in [-0.05, 0) is 25.3 Å². The third kappa shape index (κ3) is 4.01. The molecule has 1 N–H and O–H groups in total. The fourth-order valence-corrected chi connectivity index (χ4v) is 4.10. The fourth-order valence-electron chi connectivity index (χ4n) is 4.10. The molecule has 3 heterocycles. The highest BCUT2D eigenvalue weighted by molar-refractivity contribution is 5.82. The van der Waals surface area contributed by atoms with Crippen LogP contribution in [0.1, 0.15) is 38.2 Å². The first kappa shape index (κ1) is 18.1. The number of carbonyl (C=O) groups is 2. The molecule has 0 radical (unpaired) electrons. The van der Waals surface area contributed by atoms with Crippen LogP contribution in [-0.2, 0) is 4.79 Å². The predicted octanol–water partition coefficient (Wildman–Crippen LogP) is 1.95. The van der Waals surface area contributed by atoms with Gasteiger partial charge in [0.25, 0.3) is 0 Å². The van der Waals surface area contributed by atoms with Gasteiger partial charge in [0.15, 0.2) is 0 Å². The van der Waals surface area contributed by atoms with Crippen LogP contribution in [0.5, 0.6) is 5.75 Å². The standard InChI is InChI=1S/C20H28N4O3/c1-13-9-17(13)24-12-15(10-19(24)25)22-20(26)23-7-4-16(5-8-23)27-18-3-6-21-11-14(18)2/h3,6,11,13,15-17H,4-5,7-10,12H2,1-2H3,(H,22,26). The maximum Gasteiger partial charge on any atom is 0.317 e. The summed E-state index contributed by atoms with van der Waals surface area (Å²) in [6.07, 6.45) is 6.79. The Hall–Kier alpha value is -2.31. The van der Waals surface area contributed by atoms with Gasteiger partial charge in [0, 0.05) is 62.9 Å². The Morgan fingerprint density at radius 2 is 2.07 bits per heavy atom. The first-order valence-corrected chi connectivity index (χ1v) is 9.93. The zero-order valence-electron chi connectivity index (χ0n) is 16.1. The summed E-state index contributed by atoms with van der Waals surface area (Å²) >= 11 is 0. The van der Waals surface area contributed by atoms with Crippen LogP contribution in [0.4, 0.5) is 4.79 Å². The molecule has 0 aromatic carbocycles. The van der Waals surface area contributed by atoms with Gasteiger partial charge in [-0.2, -0.15) is 0 Å². The summed E-state index contributed by atoms with van der Waals surface area (Å²) in [5, 5.41) is 3.06. The van der Waals surface area contributed by atoms with E-state index in [1.165, 1.54) is 0 Å². The van der Waals surface area contributed by atoms with E-state index in [1.807, 2.05) is 22.8 Å². The van der Waals surface area contributed by atoms with Crippen LogP contribution in [0.3, 0.4) is 0 Å². The molecule has 3 atom stereocenters. The van der Waals surface area contributed by atoms with Crippen LogP contribution >= 0.6 is 0 Å². The van der Waals surface area contributed by atoms with Crippen LogP contribution in [0, 0.1) is 12.8 Å².